The Morgan fingerprint density at radius 1 is 1.42 bits per heavy atom. The van der Waals surface area contributed by atoms with Gasteiger partial charge in [-0.15, -0.1) is 0 Å². The van der Waals surface area contributed by atoms with Gasteiger partial charge in [0.15, 0.2) is 5.43 Å². The monoisotopic (exact) mass is 260 g/mol. The summed E-state index contributed by atoms with van der Waals surface area (Å²) < 4.78 is 5.12. The molecule has 19 heavy (non-hydrogen) atoms. The highest BCUT2D eigenvalue weighted by atomic mass is 16.5. The molecule has 1 aromatic heterocycles. The molecule has 0 saturated heterocycles. The van der Waals surface area contributed by atoms with Crippen LogP contribution in [0.4, 0.5) is 0 Å². The van der Waals surface area contributed by atoms with Crippen LogP contribution in [0.2, 0.25) is 0 Å². The molecule has 0 fully saturated rings. The van der Waals surface area contributed by atoms with Crippen molar-refractivity contribution in [1.29, 1.82) is 0 Å². The number of nitrogens with one attached hydrogen (secondary N) is 2. The lowest BCUT2D eigenvalue weighted by Crippen LogP contribution is -2.24. The number of aromatic nitrogens is 1. The summed E-state index contributed by atoms with van der Waals surface area (Å²) in [6, 6.07) is 5.33. The van der Waals surface area contributed by atoms with Crippen molar-refractivity contribution >= 4 is 16.8 Å². The highest BCUT2D eigenvalue weighted by Gasteiger charge is 2.06. The minimum atomic E-state index is -0.0983. The van der Waals surface area contributed by atoms with Crippen molar-refractivity contribution < 1.29 is 9.53 Å². The largest absolute Gasteiger partial charge is 0.497 e. The summed E-state index contributed by atoms with van der Waals surface area (Å²) in [6.07, 6.45) is 2.20. The molecule has 5 heteroatoms. The molecule has 0 bridgehead atoms. The summed E-state index contributed by atoms with van der Waals surface area (Å²) in [5, 5.41) is 3.27. The van der Waals surface area contributed by atoms with Crippen LogP contribution >= 0.6 is 0 Å². The molecule has 2 rings (SSSR count). The Labute approximate surface area is 110 Å². The Bertz CT molecular complexity index is 661. The fraction of sp³-hybridized carbons (Fsp3) is 0.286. The van der Waals surface area contributed by atoms with E-state index in [1.54, 1.807) is 25.4 Å². The van der Waals surface area contributed by atoms with E-state index in [0.29, 0.717) is 29.7 Å². The maximum absolute atomic E-state index is 12.3. The van der Waals surface area contributed by atoms with Gasteiger partial charge in [-0.3, -0.25) is 9.59 Å². The van der Waals surface area contributed by atoms with E-state index in [1.165, 1.54) is 6.92 Å². The number of carbonyl (C=O) groups excluding carboxylic acids is 1. The van der Waals surface area contributed by atoms with Crippen LogP contribution < -0.4 is 15.5 Å². The van der Waals surface area contributed by atoms with Crippen molar-refractivity contribution in [1.82, 2.24) is 10.3 Å². The zero-order valence-electron chi connectivity index (χ0n) is 10.9. The van der Waals surface area contributed by atoms with Gasteiger partial charge < -0.3 is 15.0 Å². The first-order chi connectivity index (χ1) is 9.11. The van der Waals surface area contributed by atoms with Crippen LogP contribution in [0.3, 0.4) is 0 Å². The second kappa shape index (κ2) is 5.56. The molecule has 1 aromatic carbocycles. The Kier molecular flexibility index (Phi) is 3.85. The predicted molar refractivity (Wildman–Crippen MR) is 73.5 cm³/mol. The van der Waals surface area contributed by atoms with Crippen LogP contribution in [0.25, 0.3) is 10.9 Å². The number of carbonyl (C=O) groups is 1. The molecule has 100 valence electrons. The van der Waals surface area contributed by atoms with E-state index in [1.807, 2.05) is 6.07 Å². The Balaban J connectivity index is 2.33. The summed E-state index contributed by atoms with van der Waals surface area (Å²) in [4.78, 5) is 26.2. The van der Waals surface area contributed by atoms with Crippen molar-refractivity contribution in [2.75, 3.05) is 13.7 Å². The number of methoxy groups -OCH3 is 1. The maximum Gasteiger partial charge on any atom is 0.216 e. The van der Waals surface area contributed by atoms with E-state index >= 15 is 0 Å². The van der Waals surface area contributed by atoms with Crippen LogP contribution in [-0.2, 0) is 11.2 Å². The summed E-state index contributed by atoms with van der Waals surface area (Å²) in [7, 11) is 1.57. The van der Waals surface area contributed by atoms with E-state index in [9.17, 15) is 9.59 Å². The Morgan fingerprint density at radius 2 is 2.21 bits per heavy atom. The lowest BCUT2D eigenvalue weighted by atomic mass is 10.1. The number of rotatable bonds is 4. The third kappa shape index (κ3) is 2.93. The van der Waals surface area contributed by atoms with Crippen LogP contribution in [-0.4, -0.2) is 24.5 Å². The summed E-state index contributed by atoms with van der Waals surface area (Å²) in [5.74, 6) is 0.552. The van der Waals surface area contributed by atoms with Crippen LogP contribution in [0.5, 0.6) is 5.75 Å². The fourth-order valence-electron chi connectivity index (χ4n) is 1.93. The first-order valence-electron chi connectivity index (χ1n) is 6.04. The first kappa shape index (κ1) is 13.1. The van der Waals surface area contributed by atoms with Gasteiger partial charge in [0.1, 0.15) is 5.75 Å². The Morgan fingerprint density at radius 3 is 2.89 bits per heavy atom. The first-order valence-corrected chi connectivity index (χ1v) is 6.04. The van der Waals surface area contributed by atoms with E-state index in [4.69, 9.17) is 4.74 Å². The van der Waals surface area contributed by atoms with E-state index in [2.05, 4.69) is 10.3 Å². The van der Waals surface area contributed by atoms with Crippen molar-refractivity contribution in [3.05, 3.63) is 40.2 Å². The second-order valence-electron chi connectivity index (χ2n) is 4.29. The molecule has 0 saturated carbocycles. The molecule has 0 aliphatic heterocycles. The molecule has 1 amide bonds. The number of ether oxygens (including phenoxy) is 1. The standard InChI is InChI=1S/C14H16N2O3/c1-9(17)15-6-5-10-8-16-13-4-3-11(19-2)7-12(13)14(10)18/h3-4,7-8H,5-6H2,1-2H3,(H,15,17)(H,16,18). The number of pyridine rings is 1. The van der Waals surface area contributed by atoms with E-state index < -0.39 is 0 Å². The smallest absolute Gasteiger partial charge is 0.216 e. The SMILES string of the molecule is COc1ccc2[nH]cc(CCNC(C)=O)c(=O)c2c1. The maximum atomic E-state index is 12.3. The molecule has 2 aromatic rings. The number of H-pyrrole nitrogens is 1. The van der Waals surface area contributed by atoms with Gasteiger partial charge in [0.2, 0.25) is 5.91 Å². The minimum Gasteiger partial charge on any atom is -0.497 e. The number of benzene rings is 1. The van der Waals surface area contributed by atoms with Crippen molar-refractivity contribution in [2.45, 2.75) is 13.3 Å². The van der Waals surface area contributed by atoms with Gasteiger partial charge in [-0.2, -0.15) is 0 Å². The van der Waals surface area contributed by atoms with Crippen LogP contribution in [0.1, 0.15) is 12.5 Å². The third-order valence-corrected chi connectivity index (χ3v) is 2.93. The summed E-state index contributed by atoms with van der Waals surface area (Å²) in [5.41, 5.74) is 1.39. The average molecular weight is 260 g/mol. The third-order valence-electron chi connectivity index (χ3n) is 2.93. The molecule has 0 aliphatic rings. The molecule has 0 spiro atoms. The number of hydrogen-bond donors (Lipinski definition) is 2. The predicted octanol–water partition coefficient (Wildman–Crippen LogP) is 1.22. The topological polar surface area (TPSA) is 71.2 Å². The van der Waals surface area contributed by atoms with Gasteiger partial charge in [0.05, 0.1) is 7.11 Å². The molecule has 0 unspecified atom stereocenters. The zero-order valence-corrected chi connectivity index (χ0v) is 10.9. The van der Waals surface area contributed by atoms with Gasteiger partial charge in [-0.05, 0) is 24.6 Å². The fourth-order valence-corrected chi connectivity index (χ4v) is 1.93. The molecule has 5 nitrogen and oxygen atoms in total. The number of hydrogen-bond acceptors (Lipinski definition) is 3. The van der Waals surface area contributed by atoms with Crippen LogP contribution in [0.15, 0.2) is 29.2 Å². The van der Waals surface area contributed by atoms with Gasteiger partial charge in [-0.1, -0.05) is 0 Å². The molecule has 0 radical (unpaired) electrons. The van der Waals surface area contributed by atoms with Gasteiger partial charge >= 0.3 is 0 Å². The van der Waals surface area contributed by atoms with E-state index in [0.717, 1.165) is 5.52 Å². The van der Waals surface area contributed by atoms with Crippen molar-refractivity contribution in [2.24, 2.45) is 0 Å². The number of amides is 1. The minimum absolute atomic E-state index is 0.0296. The molecule has 2 N–H and O–H groups in total. The second-order valence-corrected chi connectivity index (χ2v) is 4.29. The van der Waals surface area contributed by atoms with Gasteiger partial charge in [0, 0.05) is 36.1 Å². The number of aromatic amines is 1. The lowest BCUT2D eigenvalue weighted by Gasteiger charge is -2.05. The summed E-state index contributed by atoms with van der Waals surface area (Å²) in [6.45, 7) is 1.91. The lowest BCUT2D eigenvalue weighted by molar-refractivity contribution is -0.118. The number of fused-ring (bicyclic) bond motifs is 1. The zero-order chi connectivity index (χ0) is 13.8. The van der Waals surface area contributed by atoms with Gasteiger partial charge in [0.25, 0.3) is 0 Å². The highest BCUT2D eigenvalue weighted by Crippen LogP contribution is 2.16. The van der Waals surface area contributed by atoms with Gasteiger partial charge in [-0.25, -0.2) is 0 Å². The van der Waals surface area contributed by atoms with E-state index in [-0.39, 0.29) is 11.3 Å². The normalized spacial score (nSPS) is 10.4. The molecular weight excluding hydrogens is 244 g/mol. The molecule has 0 aliphatic carbocycles. The quantitative estimate of drug-likeness (QED) is 0.868. The molecule has 1 heterocycles. The van der Waals surface area contributed by atoms with Crippen molar-refractivity contribution in [3.63, 3.8) is 0 Å². The summed E-state index contributed by atoms with van der Waals surface area (Å²) >= 11 is 0. The average Bonchev–Trinajstić information content (AvgIpc) is 2.41. The van der Waals surface area contributed by atoms with Crippen LogP contribution in [0, 0.1) is 0 Å². The highest BCUT2D eigenvalue weighted by molar-refractivity contribution is 5.80. The van der Waals surface area contributed by atoms with Crippen molar-refractivity contribution in [3.8, 4) is 5.75 Å². The Hall–Kier alpha value is -2.30. The molecule has 0 atom stereocenters. The molecular formula is C14H16N2O3.